The minimum atomic E-state index is -0.539. The summed E-state index contributed by atoms with van der Waals surface area (Å²) in [5.41, 5.74) is 0.656. The predicted molar refractivity (Wildman–Crippen MR) is 83.5 cm³/mol. The highest BCUT2D eigenvalue weighted by Crippen LogP contribution is 2.21. The SMILES string of the molecule is COc1cccc(NC(=O)COc2ccc(F)cc2C(C)=O)c1. The lowest BCUT2D eigenvalue weighted by Gasteiger charge is -2.11. The van der Waals surface area contributed by atoms with Crippen molar-refractivity contribution in [1.82, 2.24) is 0 Å². The van der Waals surface area contributed by atoms with E-state index < -0.39 is 11.7 Å². The molecule has 2 rings (SSSR count). The molecule has 0 aliphatic heterocycles. The van der Waals surface area contributed by atoms with Crippen molar-refractivity contribution in [1.29, 1.82) is 0 Å². The number of rotatable bonds is 6. The second kappa shape index (κ2) is 7.40. The average molecular weight is 317 g/mol. The molecule has 0 unspecified atom stereocenters. The number of nitrogens with one attached hydrogen (secondary N) is 1. The Morgan fingerprint density at radius 3 is 2.65 bits per heavy atom. The first-order valence-electron chi connectivity index (χ1n) is 6.87. The molecule has 1 N–H and O–H groups in total. The number of carbonyl (C=O) groups excluding carboxylic acids is 2. The number of amides is 1. The van der Waals surface area contributed by atoms with Crippen molar-refractivity contribution in [3.05, 3.63) is 53.8 Å². The molecule has 0 saturated heterocycles. The van der Waals surface area contributed by atoms with Gasteiger partial charge in [-0.15, -0.1) is 0 Å². The molecule has 0 fully saturated rings. The second-order valence-electron chi connectivity index (χ2n) is 4.77. The van der Waals surface area contributed by atoms with Crippen molar-refractivity contribution in [2.24, 2.45) is 0 Å². The van der Waals surface area contributed by atoms with Gasteiger partial charge in [-0.1, -0.05) is 6.07 Å². The molecular weight excluding hydrogens is 301 g/mol. The number of hydrogen-bond donors (Lipinski definition) is 1. The third-order valence-corrected chi connectivity index (χ3v) is 3.03. The largest absolute Gasteiger partial charge is 0.497 e. The lowest BCUT2D eigenvalue weighted by atomic mass is 10.1. The number of halogens is 1. The Balaban J connectivity index is 2.00. The third-order valence-electron chi connectivity index (χ3n) is 3.03. The highest BCUT2D eigenvalue weighted by Gasteiger charge is 2.12. The van der Waals surface area contributed by atoms with Crippen molar-refractivity contribution in [2.75, 3.05) is 19.0 Å². The molecule has 0 atom stereocenters. The summed E-state index contributed by atoms with van der Waals surface area (Å²) >= 11 is 0. The second-order valence-corrected chi connectivity index (χ2v) is 4.77. The minimum Gasteiger partial charge on any atom is -0.497 e. The molecule has 120 valence electrons. The van der Waals surface area contributed by atoms with Gasteiger partial charge < -0.3 is 14.8 Å². The van der Waals surface area contributed by atoms with Gasteiger partial charge >= 0.3 is 0 Å². The van der Waals surface area contributed by atoms with Crippen LogP contribution in [0.5, 0.6) is 11.5 Å². The maximum Gasteiger partial charge on any atom is 0.262 e. The van der Waals surface area contributed by atoms with E-state index in [1.54, 1.807) is 24.3 Å². The Bertz CT molecular complexity index is 730. The zero-order valence-electron chi connectivity index (χ0n) is 12.8. The molecule has 5 nitrogen and oxygen atoms in total. The number of hydrogen-bond acceptors (Lipinski definition) is 4. The fraction of sp³-hybridized carbons (Fsp3) is 0.176. The summed E-state index contributed by atoms with van der Waals surface area (Å²) in [4.78, 5) is 23.4. The van der Waals surface area contributed by atoms with Crippen LogP contribution in [0, 0.1) is 5.82 Å². The van der Waals surface area contributed by atoms with Gasteiger partial charge in [0.2, 0.25) is 0 Å². The molecule has 0 spiro atoms. The molecule has 0 aromatic heterocycles. The van der Waals surface area contributed by atoms with Gasteiger partial charge in [0.15, 0.2) is 12.4 Å². The van der Waals surface area contributed by atoms with Crippen molar-refractivity contribution in [3.63, 3.8) is 0 Å². The number of methoxy groups -OCH3 is 1. The summed E-state index contributed by atoms with van der Waals surface area (Å²) in [7, 11) is 1.53. The lowest BCUT2D eigenvalue weighted by molar-refractivity contribution is -0.118. The lowest BCUT2D eigenvalue weighted by Crippen LogP contribution is -2.20. The van der Waals surface area contributed by atoms with E-state index in [-0.39, 0.29) is 23.7 Å². The van der Waals surface area contributed by atoms with Gasteiger partial charge in [-0.05, 0) is 37.3 Å². The molecular formula is C17H16FNO4. The van der Waals surface area contributed by atoms with Gasteiger partial charge in [0.1, 0.15) is 17.3 Å². The smallest absolute Gasteiger partial charge is 0.262 e. The summed E-state index contributed by atoms with van der Waals surface area (Å²) in [6, 6.07) is 10.4. The third kappa shape index (κ3) is 4.54. The average Bonchev–Trinajstić information content (AvgIpc) is 2.53. The number of ether oxygens (including phenoxy) is 2. The topological polar surface area (TPSA) is 64.6 Å². The van der Waals surface area contributed by atoms with Crippen molar-refractivity contribution < 1.29 is 23.5 Å². The van der Waals surface area contributed by atoms with E-state index in [1.165, 1.54) is 26.2 Å². The Morgan fingerprint density at radius 1 is 1.17 bits per heavy atom. The zero-order valence-corrected chi connectivity index (χ0v) is 12.8. The number of benzene rings is 2. The van der Waals surface area contributed by atoms with E-state index in [1.807, 2.05) is 0 Å². The first-order valence-corrected chi connectivity index (χ1v) is 6.87. The van der Waals surface area contributed by atoms with E-state index in [9.17, 15) is 14.0 Å². The van der Waals surface area contributed by atoms with Crippen LogP contribution in [0.2, 0.25) is 0 Å². The van der Waals surface area contributed by atoms with Crippen molar-refractivity contribution in [2.45, 2.75) is 6.92 Å². The van der Waals surface area contributed by atoms with Crippen LogP contribution >= 0.6 is 0 Å². The van der Waals surface area contributed by atoms with Gasteiger partial charge in [-0.25, -0.2) is 4.39 Å². The Labute approximate surface area is 133 Å². The molecule has 0 heterocycles. The molecule has 6 heteroatoms. The zero-order chi connectivity index (χ0) is 16.8. The Kier molecular flexibility index (Phi) is 5.30. The van der Waals surface area contributed by atoms with E-state index in [2.05, 4.69) is 5.32 Å². The molecule has 0 saturated carbocycles. The summed E-state index contributed by atoms with van der Waals surface area (Å²) in [6.07, 6.45) is 0. The first kappa shape index (κ1) is 16.5. The summed E-state index contributed by atoms with van der Waals surface area (Å²) in [5.74, 6) is -0.506. The van der Waals surface area contributed by atoms with Crippen LogP contribution in [-0.4, -0.2) is 25.4 Å². The van der Waals surface area contributed by atoms with Crippen LogP contribution in [0.25, 0.3) is 0 Å². The molecule has 23 heavy (non-hydrogen) atoms. The number of anilines is 1. The van der Waals surface area contributed by atoms with Crippen molar-refractivity contribution in [3.8, 4) is 11.5 Å². The van der Waals surface area contributed by atoms with Crippen LogP contribution in [0.15, 0.2) is 42.5 Å². The molecule has 0 radical (unpaired) electrons. The van der Waals surface area contributed by atoms with Gasteiger partial charge in [-0.2, -0.15) is 0 Å². The summed E-state index contributed by atoms with van der Waals surface area (Å²) in [5, 5.41) is 2.64. The van der Waals surface area contributed by atoms with Crippen molar-refractivity contribution >= 4 is 17.4 Å². The van der Waals surface area contributed by atoms with Gasteiger partial charge in [0, 0.05) is 11.8 Å². The van der Waals surface area contributed by atoms with E-state index in [0.717, 1.165) is 6.07 Å². The Morgan fingerprint density at radius 2 is 1.96 bits per heavy atom. The Hall–Kier alpha value is -2.89. The molecule has 0 aliphatic carbocycles. The van der Waals surface area contributed by atoms with Gasteiger partial charge in [0.05, 0.1) is 12.7 Å². The van der Waals surface area contributed by atoms with Crippen LogP contribution in [0.3, 0.4) is 0 Å². The molecule has 0 bridgehead atoms. The fourth-order valence-electron chi connectivity index (χ4n) is 1.94. The van der Waals surface area contributed by atoms with Crippen LogP contribution in [0.4, 0.5) is 10.1 Å². The highest BCUT2D eigenvalue weighted by molar-refractivity contribution is 5.97. The number of ketones is 1. The number of carbonyl (C=O) groups is 2. The molecule has 1 amide bonds. The fourth-order valence-corrected chi connectivity index (χ4v) is 1.94. The predicted octanol–water partition coefficient (Wildman–Crippen LogP) is 3.05. The summed E-state index contributed by atoms with van der Waals surface area (Å²) in [6.45, 7) is 1.00. The quantitative estimate of drug-likeness (QED) is 0.832. The maximum absolute atomic E-state index is 13.2. The van der Waals surface area contributed by atoms with Gasteiger partial charge in [0.25, 0.3) is 5.91 Å². The van der Waals surface area contributed by atoms with Crippen LogP contribution in [-0.2, 0) is 4.79 Å². The normalized spacial score (nSPS) is 10.0. The van der Waals surface area contributed by atoms with Crippen LogP contribution < -0.4 is 14.8 Å². The molecule has 0 aliphatic rings. The summed E-state index contributed by atoms with van der Waals surface area (Å²) < 4.78 is 23.5. The van der Waals surface area contributed by atoms with E-state index in [0.29, 0.717) is 11.4 Å². The number of Topliss-reactive ketones (excluding diaryl/α,β-unsaturated/α-hetero) is 1. The standard InChI is InChI=1S/C17H16FNO4/c1-11(20)15-8-12(18)6-7-16(15)23-10-17(21)19-13-4-3-5-14(9-13)22-2/h3-9H,10H2,1-2H3,(H,19,21). The van der Waals surface area contributed by atoms with Crippen LogP contribution in [0.1, 0.15) is 17.3 Å². The van der Waals surface area contributed by atoms with Gasteiger partial charge in [-0.3, -0.25) is 9.59 Å². The molecule has 2 aromatic carbocycles. The van der Waals surface area contributed by atoms with E-state index >= 15 is 0 Å². The first-order chi connectivity index (χ1) is 11.0. The monoisotopic (exact) mass is 317 g/mol. The maximum atomic E-state index is 13.2. The minimum absolute atomic E-state index is 0.0965. The van der Waals surface area contributed by atoms with E-state index in [4.69, 9.17) is 9.47 Å². The highest BCUT2D eigenvalue weighted by atomic mass is 19.1. The molecule has 2 aromatic rings.